The summed E-state index contributed by atoms with van der Waals surface area (Å²) >= 11 is 17.8. The summed E-state index contributed by atoms with van der Waals surface area (Å²) in [6.07, 6.45) is 1.56. The number of rotatable bonds is 1. The zero-order chi connectivity index (χ0) is 13.6. The van der Waals surface area contributed by atoms with Gasteiger partial charge in [0, 0.05) is 11.1 Å². The maximum absolute atomic E-state index is 9.90. The average Bonchev–Trinajstić information content (AvgIpc) is 2.76. The van der Waals surface area contributed by atoms with Gasteiger partial charge in [0.15, 0.2) is 0 Å². The van der Waals surface area contributed by atoms with Crippen molar-refractivity contribution in [3.63, 3.8) is 0 Å². The van der Waals surface area contributed by atoms with Gasteiger partial charge in [-0.2, -0.15) is 5.10 Å². The Balaban J connectivity index is 2.34. The second-order valence-corrected chi connectivity index (χ2v) is 5.04. The van der Waals surface area contributed by atoms with Crippen molar-refractivity contribution in [2.24, 2.45) is 0 Å². The van der Waals surface area contributed by atoms with Gasteiger partial charge in [-0.05, 0) is 18.2 Å². The van der Waals surface area contributed by atoms with Crippen LogP contribution in [0.25, 0.3) is 16.6 Å². The van der Waals surface area contributed by atoms with E-state index in [9.17, 15) is 5.11 Å². The predicted octanol–water partition coefficient (Wildman–Crippen LogP) is 4.09. The van der Waals surface area contributed by atoms with Crippen molar-refractivity contribution >= 4 is 45.7 Å². The molecule has 0 fully saturated rings. The maximum atomic E-state index is 9.90. The standard InChI is InChI=1S/C12H6Cl3N3O/c13-6-1-2-10(19)9(3-6)18-8-4-11(14)17-12(15)7(8)5-16-18/h1-5,19H. The van der Waals surface area contributed by atoms with Crippen molar-refractivity contribution in [2.45, 2.75) is 0 Å². The Kier molecular flexibility index (Phi) is 3.01. The Bertz CT molecular complexity index is 785. The van der Waals surface area contributed by atoms with E-state index in [4.69, 9.17) is 34.8 Å². The van der Waals surface area contributed by atoms with Crippen LogP contribution in [-0.2, 0) is 0 Å². The molecule has 0 spiro atoms. The molecule has 19 heavy (non-hydrogen) atoms. The van der Waals surface area contributed by atoms with Crippen LogP contribution in [0.3, 0.4) is 0 Å². The minimum atomic E-state index is 0.0541. The monoisotopic (exact) mass is 313 g/mol. The fraction of sp³-hybridized carbons (Fsp3) is 0. The van der Waals surface area contributed by atoms with Crippen LogP contribution in [0.1, 0.15) is 0 Å². The van der Waals surface area contributed by atoms with Gasteiger partial charge in [-0.1, -0.05) is 34.8 Å². The van der Waals surface area contributed by atoms with Crippen molar-refractivity contribution < 1.29 is 5.11 Å². The maximum Gasteiger partial charge on any atom is 0.141 e. The first-order valence-corrected chi connectivity index (χ1v) is 6.38. The Labute approximate surface area is 123 Å². The van der Waals surface area contributed by atoms with Gasteiger partial charge >= 0.3 is 0 Å². The molecular formula is C12H6Cl3N3O. The molecule has 2 aromatic heterocycles. The van der Waals surface area contributed by atoms with E-state index in [2.05, 4.69) is 10.1 Å². The van der Waals surface area contributed by atoms with Crippen LogP contribution in [0.2, 0.25) is 15.3 Å². The van der Waals surface area contributed by atoms with Crippen LogP contribution in [-0.4, -0.2) is 19.9 Å². The van der Waals surface area contributed by atoms with E-state index in [1.165, 1.54) is 10.7 Å². The summed E-state index contributed by atoms with van der Waals surface area (Å²) in [7, 11) is 0. The molecule has 3 rings (SSSR count). The summed E-state index contributed by atoms with van der Waals surface area (Å²) in [6, 6.07) is 6.31. The molecule has 0 amide bonds. The van der Waals surface area contributed by atoms with Gasteiger partial charge in [0.1, 0.15) is 21.7 Å². The quantitative estimate of drug-likeness (QED) is 0.688. The molecule has 0 aliphatic rings. The lowest BCUT2D eigenvalue weighted by molar-refractivity contribution is 0.471. The van der Waals surface area contributed by atoms with Crippen LogP contribution < -0.4 is 0 Å². The fourth-order valence-electron chi connectivity index (χ4n) is 1.81. The van der Waals surface area contributed by atoms with Gasteiger partial charge in [-0.3, -0.25) is 0 Å². The predicted molar refractivity (Wildman–Crippen MR) is 75.6 cm³/mol. The van der Waals surface area contributed by atoms with Crippen LogP contribution in [0, 0.1) is 0 Å². The Morgan fingerprint density at radius 2 is 1.89 bits per heavy atom. The molecule has 0 saturated heterocycles. The number of phenols is 1. The largest absolute Gasteiger partial charge is 0.506 e. The molecule has 7 heteroatoms. The van der Waals surface area contributed by atoms with E-state index in [1.54, 1.807) is 24.4 Å². The number of halogens is 3. The molecule has 0 aliphatic heterocycles. The topological polar surface area (TPSA) is 50.9 Å². The highest BCUT2D eigenvalue weighted by molar-refractivity contribution is 6.36. The Morgan fingerprint density at radius 1 is 1.11 bits per heavy atom. The van der Waals surface area contributed by atoms with Crippen molar-refractivity contribution in [3.05, 3.63) is 45.8 Å². The highest BCUT2D eigenvalue weighted by atomic mass is 35.5. The second kappa shape index (κ2) is 4.56. The minimum Gasteiger partial charge on any atom is -0.506 e. The molecule has 96 valence electrons. The van der Waals surface area contributed by atoms with Crippen LogP contribution in [0.4, 0.5) is 0 Å². The van der Waals surface area contributed by atoms with Gasteiger partial charge in [0.25, 0.3) is 0 Å². The summed E-state index contributed by atoms with van der Waals surface area (Å²) in [5, 5.41) is 15.7. The number of benzene rings is 1. The summed E-state index contributed by atoms with van der Waals surface area (Å²) in [5.74, 6) is 0.0541. The molecule has 0 unspecified atom stereocenters. The van der Waals surface area contributed by atoms with E-state index in [1.807, 2.05) is 0 Å². The molecule has 0 radical (unpaired) electrons. The molecule has 4 nitrogen and oxygen atoms in total. The number of fused-ring (bicyclic) bond motifs is 1. The van der Waals surface area contributed by atoms with Gasteiger partial charge in [-0.25, -0.2) is 9.67 Å². The summed E-state index contributed by atoms with van der Waals surface area (Å²) in [4.78, 5) is 3.94. The normalized spacial score (nSPS) is 11.1. The van der Waals surface area contributed by atoms with Gasteiger partial charge in [-0.15, -0.1) is 0 Å². The average molecular weight is 315 g/mol. The number of aromatic hydroxyl groups is 1. The second-order valence-electron chi connectivity index (χ2n) is 3.86. The lowest BCUT2D eigenvalue weighted by Gasteiger charge is -2.07. The molecule has 0 aliphatic carbocycles. The molecule has 0 saturated carbocycles. The SMILES string of the molecule is Oc1ccc(Cl)cc1-n1ncc2c(Cl)nc(Cl)cc21. The number of hydrogen-bond donors (Lipinski definition) is 1. The Morgan fingerprint density at radius 3 is 2.68 bits per heavy atom. The van der Waals surface area contributed by atoms with E-state index in [-0.39, 0.29) is 16.1 Å². The van der Waals surface area contributed by atoms with Gasteiger partial charge in [0.2, 0.25) is 0 Å². The first-order valence-electron chi connectivity index (χ1n) is 5.25. The number of hydrogen-bond acceptors (Lipinski definition) is 3. The van der Waals surface area contributed by atoms with Gasteiger partial charge < -0.3 is 5.11 Å². The van der Waals surface area contributed by atoms with Crippen LogP contribution in [0.5, 0.6) is 5.75 Å². The molecule has 0 atom stereocenters. The van der Waals surface area contributed by atoms with E-state index in [0.29, 0.717) is 21.6 Å². The first-order chi connectivity index (χ1) is 9.06. The van der Waals surface area contributed by atoms with Crippen molar-refractivity contribution in [2.75, 3.05) is 0 Å². The number of phenolic OH excluding ortho intramolecular Hbond substituents is 1. The third-order valence-corrected chi connectivity index (χ3v) is 3.37. The number of nitrogens with zero attached hydrogens (tertiary/aromatic N) is 3. The summed E-state index contributed by atoms with van der Waals surface area (Å²) in [6.45, 7) is 0. The van der Waals surface area contributed by atoms with Crippen LogP contribution >= 0.6 is 34.8 Å². The highest BCUT2D eigenvalue weighted by Gasteiger charge is 2.13. The molecular weight excluding hydrogens is 309 g/mol. The molecule has 2 heterocycles. The molecule has 1 aromatic carbocycles. The van der Waals surface area contributed by atoms with E-state index >= 15 is 0 Å². The lowest BCUT2D eigenvalue weighted by atomic mass is 10.3. The third-order valence-electron chi connectivity index (χ3n) is 2.66. The molecule has 1 N–H and O–H groups in total. The zero-order valence-corrected chi connectivity index (χ0v) is 11.6. The molecule has 0 bridgehead atoms. The van der Waals surface area contributed by atoms with Crippen molar-refractivity contribution in [3.8, 4) is 11.4 Å². The lowest BCUT2D eigenvalue weighted by Crippen LogP contribution is -1.96. The smallest absolute Gasteiger partial charge is 0.141 e. The number of pyridine rings is 1. The van der Waals surface area contributed by atoms with Crippen LogP contribution in [0.15, 0.2) is 30.5 Å². The van der Waals surface area contributed by atoms with Gasteiger partial charge in [0.05, 0.1) is 17.1 Å². The third kappa shape index (κ3) is 2.12. The number of aromatic nitrogens is 3. The first kappa shape index (κ1) is 12.5. The molecule has 3 aromatic rings. The zero-order valence-electron chi connectivity index (χ0n) is 9.31. The highest BCUT2D eigenvalue weighted by Crippen LogP contribution is 2.31. The Hall–Kier alpha value is -1.49. The van der Waals surface area contributed by atoms with E-state index < -0.39 is 0 Å². The van der Waals surface area contributed by atoms with E-state index in [0.717, 1.165) is 0 Å². The fourth-order valence-corrected chi connectivity index (χ4v) is 2.45. The van der Waals surface area contributed by atoms with Crippen molar-refractivity contribution in [1.82, 2.24) is 14.8 Å². The van der Waals surface area contributed by atoms with Crippen molar-refractivity contribution in [1.29, 1.82) is 0 Å². The minimum absolute atomic E-state index is 0.0541. The summed E-state index contributed by atoms with van der Waals surface area (Å²) in [5.41, 5.74) is 1.09. The summed E-state index contributed by atoms with van der Waals surface area (Å²) < 4.78 is 1.51.